The number of fused-ring (bicyclic) bond motifs is 5. The van der Waals surface area contributed by atoms with E-state index in [1.54, 1.807) is 0 Å². The van der Waals surface area contributed by atoms with E-state index in [1.807, 2.05) is 60.7 Å². The van der Waals surface area contributed by atoms with Gasteiger partial charge in [-0.25, -0.2) is 4.99 Å². The second-order valence-corrected chi connectivity index (χ2v) is 14.8. The molecule has 0 radical (unpaired) electrons. The van der Waals surface area contributed by atoms with E-state index in [1.165, 1.54) is 70.9 Å². The third kappa shape index (κ3) is 5.87. The standard InChI is InChI=1S/C31H22N2.C22H21N3/c1-4-25-29-19(2)20-11-5-6-12-21(20)23-14-9-17-27(30(23)29)33(25)28-18-10-15-24-22-13-7-8-16-26(22)32(3)31(24)28;1-15-8-6-7-11-19(15)20-13-12-18(14-16(20)2)22(24)25-21(23)17-9-4-3-5-10-17/h4-18H,1-2H2,3H3;3-14H,1-2H3,(H3,23,24,25). The summed E-state index contributed by atoms with van der Waals surface area (Å²) in [6.45, 7) is 13.0. The number of nitrogens with zero attached hydrogens (tertiary/aromatic N) is 3. The number of rotatable bonds is 5. The van der Waals surface area contributed by atoms with E-state index >= 15 is 0 Å². The van der Waals surface area contributed by atoms with E-state index in [0.717, 1.165) is 33.3 Å². The van der Waals surface area contributed by atoms with Crippen LogP contribution < -0.4 is 11.0 Å². The van der Waals surface area contributed by atoms with Gasteiger partial charge in [0.25, 0.3) is 0 Å². The molecule has 2 aromatic heterocycles. The predicted molar refractivity (Wildman–Crippen MR) is 248 cm³/mol. The Morgan fingerprint density at radius 2 is 1.22 bits per heavy atom. The lowest BCUT2D eigenvalue weighted by Gasteiger charge is -2.12. The highest BCUT2D eigenvalue weighted by atomic mass is 15.0. The van der Waals surface area contributed by atoms with Crippen molar-refractivity contribution in [1.29, 1.82) is 5.41 Å². The summed E-state index contributed by atoms with van der Waals surface area (Å²) in [6.07, 6.45) is 1.99. The van der Waals surface area contributed by atoms with Crippen molar-refractivity contribution in [3.8, 4) is 16.8 Å². The fourth-order valence-corrected chi connectivity index (χ4v) is 8.70. The number of nitrogens with one attached hydrogen (secondary N) is 1. The summed E-state index contributed by atoms with van der Waals surface area (Å²) in [4.78, 5) is 4.26. The molecule has 10 aromatic rings. The molecule has 0 unspecified atom stereocenters. The molecule has 2 heterocycles. The predicted octanol–water partition coefficient (Wildman–Crippen LogP) is 12.1. The molecule has 0 saturated carbocycles. The van der Waals surface area contributed by atoms with Crippen LogP contribution in [0.2, 0.25) is 0 Å². The molecule has 58 heavy (non-hydrogen) atoms. The first-order valence-electron chi connectivity index (χ1n) is 19.5. The van der Waals surface area contributed by atoms with Crippen LogP contribution in [0, 0.1) is 19.3 Å². The van der Waals surface area contributed by atoms with Gasteiger partial charge in [-0.05, 0) is 87.8 Å². The average Bonchev–Trinajstić information content (AvgIpc) is 3.76. The van der Waals surface area contributed by atoms with Crippen LogP contribution in [0.5, 0.6) is 0 Å². The maximum atomic E-state index is 8.26. The van der Waals surface area contributed by atoms with Crippen LogP contribution in [-0.2, 0) is 7.05 Å². The molecule has 10 rings (SSSR count). The first-order valence-corrected chi connectivity index (χ1v) is 19.5. The van der Waals surface area contributed by atoms with Crippen LogP contribution >= 0.6 is 0 Å². The number of aliphatic imine (C=N–C) groups is 1. The maximum absolute atomic E-state index is 8.26. The SMILES string of the molecule is C=Cc1c2c(=C)c3ccccc3c3cccc(c23)n1-c1cccc2c3ccccc3n(C)c12.Cc1ccccc1-c1ccc(C(=N)N=C(N)c2ccccc2)cc1C. The van der Waals surface area contributed by atoms with Crippen LogP contribution in [-0.4, -0.2) is 20.8 Å². The third-order valence-corrected chi connectivity index (χ3v) is 11.5. The average molecular weight is 750 g/mol. The van der Waals surface area contributed by atoms with Crippen molar-refractivity contribution in [2.24, 2.45) is 17.8 Å². The number of hydrogen-bond donors (Lipinski definition) is 2. The number of amidine groups is 2. The summed E-state index contributed by atoms with van der Waals surface area (Å²) in [7, 11) is 2.16. The Morgan fingerprint density at radius 3 is 1.98 bits per heavy atom. The number of hydrogen-bond acceptors (Lipinski definition) is 1. The van der Waals surface area contributed by atoms with Gasteiger partial charge in [-0.1, -0.05) is 147 Å². The van der Waals surface area contributed by atoms with E-state index in [-0.39, 0.29) is 5.84 Å². The van der Waals surface area contributed by atoms with Gasteiger partial charge in [-0.15, -0.1) is 0 Å². The number of nitrogens with two attached hydrogens (primary N) is 1. The Balaban J connectivity index is 0.000000157. The Kier molecular flexibility index (Phi) is 9.06. The van der Waals surface area contributed by atoms with Crippen molar-refractivity contribution in [3.63, 3.8) is 0 Å². The van der Waals surface area contributed by atoms with Crippen molar-refractivity contribution >= 4 is 78.6 Å². The maximum Gasteiger partial charge on any atom is 0.154 e. The minimum Gasteiger partial charge on any atom is -0.383 e. The highest BCUT2D eigenvalue weighted by Crippen LogP contribution is 2.40. The Labute approximate surface area is 337 Å². The summed E-state index contributed by atoms with van der Waals surface area (Å²) in [6, 6.07) is 54.2. The van der Waals surface area contributed by atoms with Crippen LogP contribution in [0.3, 0.4) is 0 Å². The van der Waals surface area contributed by atoms with Gasteiger partial charge in [-0.3, -0.25) is 5.41 Å². The zero-order valence-electron chi connectivity index (χ0n) is 32.9. The zero-order valence-corrected chi connectivity index (χ0v) is 32.9. The third-order valence-electron chi connectivity index (χ3n) is 11.5. The monoisotopic (exact) mass is 749 g/mol. The molecule has 0 amide bonds. The summed E-state index contributed by atoms with van der Waals surface area (Å²) < 4.78 is 4.69. The molecule has 0 aliphatic carbocycles. The number of aryl methyl sites for hydroxylation is 3. The van der Waals surface area contributed by atoms with Gasteiger partial charge >= 0.3 is 0 Å². The lowest BCUT2D eigenvalue weighted by atomic mass is 9.95. The molecule has 5 heteroatoms. The zero-order chi connectivity index (χ0) is 40.1. The molecule has 8 aromatic carbocycles. The van der Waals surface area contributed by atoms with E-state index in [4.69, 9.17) is 11.1 Å². The van der Waals surface area contributed by atoms with Crippen LogP contribution in [0.1, 0.15) is 27.9 Å². The highest BCUT2D eigenvalue weighted by Gasteiger charge is 2.21. The van der Waals surface area contributed by atoms with Crippen molar-refractivity contribution in [1.82, 2.24) is 9.13 Å². The number of aromatic nitrogens is 2. The number of benzene rings is 8. The molecule has 0 spiro atoms. The smallest absolute Gasteiger partial charge is 0.154 e. The van der Waals surface area contributed by atoms with Gasteiger partial charge in [0.1, 0.15) is 5.84 Å². The molecule has 0 aliphatic rings. The first-order chi connectivity index (χ1) is 28.3. The molecule has 0 bridgehead atoms. The van der Waals surface area contributed by atoms with Crippen LogP contribution in [0.15, 0.2) is 169 Å². The van der Waals surface area contributed by atoms with Crippen molar-refractivity contribution in [3.05, 3.63) is 197 Å². The fraction of sp³-hybridized carbons (Fsp3) is 0.0566. The fourth-order valence-electron chi connectivity index (χ4n) is 8.70. The Morgan fingerprint density at radius 1 is 0.603 bits per heavy atom. The molecule has 0 atom stereocenters. The largest absolute Gasteiger partial charge is 0.383 e. The molecule has 0 fully saturated rings. The molecular weight excluding hydrogens is 707 g/mol. The second kappa shape index (κ2) is 14.5. The lowest BCUT2D eigenvalue weighted by Crippen LogP contribution is -2.15. The van der Waals surface area contributed by atoms with Gasteiger partial charge in [-0.2, -0.15) is 0 Å². The van der Waals surface area contributed by atoms with Gasteiger partial charge < -0.3 is 14.9 Å². The van der Waals surface area contributed by atoms with Gasteiger partial charge in [0.2, 0.25) is 0 Å². The highest BCUT2D eigenvalue weighted by molar-refractivity contribution is 6.24. The summed E-state index contributed by atoms with van der Waals surface area (Å²) >= 11 is 0. The normalized spacial score (nSPS) is 11.7. The van der Waals surface area contributed by atoms with E-state index in [0.29, 0.717) is 5.84 Å². The topological polar surface area (TPSA) is 72.1 Å². The number of para-hydroxylation sites is 2. The minimum absolute atomic E-state index is 0.167. The Bertz CT molecular complexity index is 3320. The molecular formula is C53H43N5. The van der Waals surface area contributed by atoms with Crippen LogP contribution in [0.25, 0.3) is 83.7 Å². The molecule has 0 aliphatic heterocycles. The van der Waals surface area contributed by atoms with Crippen molar-refractivity contribution in [2.45, 2.75) is 13.8 Å². The van der Waals surface area contributed by atoms with Gasteiger partial charge in [0.15, 0.2) is 5.84 Å². The molecule has 5 nitrogen and oxygen atoms in total. The van der Waals surface area contributed by atoms with Gasteiger partial charge in [0.05, 0.1) is 22.4 Å². The van der Waals surface area contributed by atoms with Crippen molar-refractivity contribution in [2.75, 3.05) is 0 Å². The summed E-state index contributed by atoms with van der Waals surface area (Å²) in [5, 5.41) is 18.0. The van der Waals surface area contributed by atoms with E-state index in [9.17, 15) is 0 Å². The Hall–Kier alpha value is -7.50. The van der Waals surface area contributed by atoms with Gasteiger partial charge in [0, 0.05) is 45.2 Å². The van der Waals surface area contributed by atoms with E-state index < -0.39 is 0 Å². The minimum atomic E-state index is 0.167. The molecule has 3 N–H and O–H groups in total. The lowest BCUT2D eigenvalue weighted by molar-refractivity contribution is 0.996. The summed E-state index contributed by atoms with van der Waals surface area (Å²) in [5.74, 6) is 0.520. The van der Waals surface area contributed by atoms with Crippen molar-refractivity contribution < 1.29 is 0 Å². The second-order valence-electron chi connectivity index (χ2n) is 14.8. The van der Waals surface area contributed by atoms with E-state index in [2.05, 4.69) is 151 Å². The summed E-state index contributed by atoms with van der Waals surface area (Å²) in [5.41, 5.74) is 18.2. The first kappa shape index (κ1) is 36.2. The van der Waals surface area contributed by atoms with Crippen LogP contribution in [0.4, 0.5) is 0 Å². The molecule has 0 saturated heterocycles. The quantitative estimate of drug-likeness (QED) is 0.103. The molecule has 280 valence electrons.